The monoisotopic (exact) mass is 234 g/mol. The lowest BCUT2D eigenvalue weighted by molar-refractivity contribution is -0.124. The van der Waals surface area contributed by atoms with E-state index in [1.807, 2.05) is 30.1 Å². The van der Waals surface area contributed by atoms with E-state index in [1.165, 1.54) is 5.56 Å². The van der Waals surface area contributed by atoms with Crippen molar-refractivity contribution in [1.82, 2.24) is 9.80 Å². The summed E-state index contributed by atoms with van der Waals surface area (Å²) in [7, 11) is 1.85. The Morgan fingerprint density at radius 3 is 2.56 bits per heavy atom. The third-order valence-electron chi connectivity index (χ3n) is 2.70. The van der Waals surface area contributed by atoms with E-state index in [0.717, 1.165) is 6.42 Å². The molecule has 1 aromatic carbocycles. The van der Waals surface area contributed by atoms with Gasteiger partial charge in [0.2, 0.25) is 5.91 Å². The predicted molar refractivity (Wildman–Crippen MR) is 67.1 cm³/mol. The predicted octanol–water partition coefficient (Wildman–Crippen LogP) is 1.29. The van der Waals surface area contributed by atoms with Gasteiger partial charge in [-0.3, -0.25) is 9.69 Å². The maximum absolute atomic E-state index is 11.6. The lowest BCUT2D eigenvalue weighted by atomic mass is 10.1. The fourth-order valence-electron chi connectivity index (χ4n) is 1.77. The zero-order chi connectivity index (χ0) is 11.5. The molecule has 1 fully saturated rings. The Bertz CT molecular complexity index is 405. The molecule has 1 saturated heterocycles. The van der Waals surface area contributed by atoms with E-state index in [1.54, 1.807) is 4.90 Å². The summed E-state index contributed by atoms with van der Waals surface area (Å²) in [5, 5.41) is 0.640. The van der Waals surface area contributed by atoms with Crippen LogP contribution >= 0.6 is 12.2 Å². The number of rotatable bonds is 3. The molecule has 1 heterocycles. The van der Waals surface area contributed by atoms with Crippen LogP contribution in [-0.2, 0) is 11.2 Å². The first kappa shape index (κ1) is 11.1. The minimum absolute atomic E-state index is 0.100. The van der Waals surface area contributed by atoms with E-state index in [0.29, 0.717) is 18.2 Å². The second-order valence-electron chi connectivity index (χ2n) is 3.92. The molecule has 0 N–H and O–H groups in total. The highest BCUT2D eigenvalue weighted by Gasteiger charge is 2.29. The van der Waals surface area contributed by atoms with Gasteiger partial charge in [0.05, 0.1) is 6.54 Å². The van der Waals surface area contributed by atoms with E-state index in [-0.39, 0.29) is 5.91 Å². The molecule has 3 nitrogen and oxygen atoms in total. The van der Waals surface area contributed by atoms with E-state index >= 15 is 0 Å². The second kappa shape index (κ2) is 4.61. The summed E-state index contributed by atoms with van der Waals surface area (Å²) in [6, 6.07) is 10.1. The standard InChI is InChI=1S/C12H14N2OS/c1-13-9-11(15)14(12(13)16)8-7-10-5-3-2-4-6-10/h2-6H,7-9H2,1H3. The number of likely N-dealkylation sites (N-methyl/N-ethyl adjacent to an activating group) is 1. The number of carbonyl (C=O) groups is 1. The Labute approximate surface area is 101 Å². The van der Waals surface area contributed by atoms with Crippen molar-refractivity contribution < 1.29 is 4.79 Å². The summed E-state index contributed by atoms with van der Waals surface area (Å²) >= 11 is 5.19. The lowest BCUT2D eigenvalue weighted by Gasteiger charge is -2.16. The fourth-order valence-corrected chi connectivity index (χ4v) is 2.03. The first-order valence-electron chi connectivity index (χ1n) is 5.28. The van der Waals surface area contributed by atoms with Crippen molar-refractivity contribution in [2.75, 3.05) is 20.1 Å². The van der Waals surface area contributed by atoms with E-state index in [4.69, 9.17) is 12.2 Å². The zero-order valence-electron chi connectivity index (χ0n) is 9.22. The molecule has 16 heavy (non-hydrogen) atoms. The summed E-state index contributed by atoms with van der Waals surface area (Å²) in [5.41, 5.74) is 1.23. The molecule has 0 bridgehead atoms. The van der Waals surface area contributed by atoms with Crippen LogP contribution in [0.1, 0.15) is 5.56 Å². The van der Waals surface area contributed by atoms with Gasteiger partial charge in [-0.15, -0.1) is 0 Å². The highest BCUT2D eigenvalue weighted by Crippen LogP contribution is 2.10. The van der Waals surface area contributed by atoms with Crippen LogP contribution < -0.4 is 0 Å². The molecule has 1 amide bonds. The molecular formula is C12H14N2OS. The molecule has 0 aliphatic carbocycles. The largest absolute Gasteiger partial charge is 0.343 e. The van der Waals surface area contributed by atoms with Crippen LogP contribution in [0.3, 0.4) is 0 Å². The van der Waals surface area contributed by atoms with Crippen molar-refractivity contribution in [3.05, 3.63) is 35.9 Å². The maximum Gasteiger partial charge on any atom is 0.248 e. The Balaban J connectivity index is 1.96. The van der Waals surface area contributed by atoms with Gasteiger partial charge in [0.15, 0.2) is 5.11 Å². The average Bonchev–Trinajstić information content (AvgIpc) is 2.53. The Hall–Kier alpha value is -1.42. The van der Waals surface area contributed by atoms with Gasteiger partial charge in [0, 0.05) is 13.6 Å². The number of thiocarbonyl (C=S) groups is 1. The van der Waals surface area contributed by atoms with Crippen LogP contribution in [0.5, 0.6) is 0 Å². The van der Waals surface area contributed by atoms with Gasteiger partial charge in [-0.25, -0.2) is 0 Å². The summed E-state index contributed by atoms with van der Waals surface area (Å²) in [5.74, 6) is 0.100. The summed E-state index contributed by atoms with van der Waals surface area (Å²) in [4.78, 5) is 15.1. The van der Waals surface area contributed by atoms with Crippen molar-refractivity contribution in [1.29, 1.82) is 0 Å². The van der Waals surface area contributed by atoms with Gasteiger partial charge >= 0.3 is 0 Å². The topological polar surface area (TPSA) is 23.6 Å². The van der Waals surface area contributed by atoms with Gasteiger partial charge in [0.1, 0.15) is 0 Å². The van der Waals surface area contributed by atoms with Gasteiger partial charge in [-0.2, -0.15) is 0 Å². The van der Waals surface area contributed by atoms with Crippen molar-refractivity contribution in [3.63, 3.8) is 0 Å². The molecule has 1 aliphatic heterocycles. The summed E-state index contributed by atoms with van der Waals surface area (Å²) in [6.07, 6.45) is 0.848. The molecule has 0 spiro atoms. The van der Waals surface area contributed by atoms with Crippen LogP contribution in [0.15, 0.2) is 30.3 Å². The quantitative estimate of drug-likeness (QED) is 0.736. The van der Waals surface area contributed by atoms with Gasteiger partial charge in [0.25, 0.3) is 0 Å². The van der Waals surface area contributed by atoms with Gasteiger partial charge < -0.3 is 4.90 Å². The third kappa shape index (κ3) is 2.22. The van der Waals surface area contributed by atoms with Crippen molar-refractivity contribution in [2.45, 2.75) is 6.42 Å². The van der Waals surface area contributed by atoms with Crippen LogP contribution in [-0.4, -0.2) is 41.0 Å². The minimum atomic E-state index is 0.100. The molecule has 1 aromatic rings. The number of nitrogens with zero attached hydrogens (tertiary/aromatic N) is 2. The first-order chi connectivity index (χ1) is 7.68. The molecule has 0 atom stereocenters. The van der Waals surface area contributed by atoms with E-state index in [2.05, 4.69) is 12.1 Å². The van der Waals surface area contributed by atoms with Gasteiger partial charge in [-0.05, 0) is 24.2 Å². The first-order valence-corrected chi connectivity index (χ1v) is 5.68. The highest BCUT2D eigenvalue weighted by molar-refractivity contribution is 7.80. The fraction of sp³-hybridized carbons (Fsp3) is 0.333. The summed E-state index contributed by atoms with van der Waals surface area (Å²) < 4.78 is 0. The highest BCUT2D eigenvalue weighted by atomic mass is 32.1. The Morgan fingerprint density at radius 2 is 2.00 bits per heavy atom. The molecule has 0 unspecified atom stereocenters. The molecular weight excluding hydrogens is 220 g/mol. The smallest absolute Gasteiger partial charge is 0.248 e. The molecule has 4 heteroatoms. The molecule has 84 valence electrons. The van der Waals surface area contributed by atoms with Crippen LogP contribution in [0.2, 0.25) is 0 Å². The Kier molecular flexibility index (Phi) is 3.19. The van der Waals surface area contributed by atoms with Crippen molar-refractivity contribution in [2.24, 2.45) is 0 Å². The molecule has 2 rings (SSSR count). The third-order valence-corrected chi connectivity index (χ3v) is 3.23. The maximum atomic E-state index is 11.6. The number of hydrogen-bond donors (Lipinski definition) is 0. The molecule has 0 aromatic heterocycles. The van der Waals surface area contributed by atoms with Crippen LogP contribution in [0.4, 0.5) is 0 Å². The van der Waals surface area contributed by atoms with E-state index < -0.39 is 0 Å². The molecule has 0 saturated carbocycles. The van der Waals surface area contributed by atoms with Crippen LogP contribution in [0.25, 0.3) is 0 Å². The molecule has 0 radical (unpaired) electrons. The lowest BCUT2D eigenvalue weighted by Crippen LogP contribution is -2.33. The van der Waals surface area contributed by atoms with E-state index in [9.17, 15) is 4.79 Å². The number of hydrogen-bond acceptors (Lipinski definition) is 2. The minimum Gasteiger partial charge on any atom is -0.343 e. The van der Waals surface area contributed by atoms with Gasteiger partial charge in [-0.1, -0.05) is 30.3 Å². The van der Waals surface area contributed by atoms with Crippen molar-refractivity contribution >= 4 is 23.2 Å². The van der Waals surface area contributed by atoms with Crippen molar-refractivity contribution in [3.8, 4) is 0 Å². The van der Waals surface area contributed by atoms with Crippen LogP contribution in [0, 0.1) is 0 Å². The normalized spacial score (nSPS) is 16.1. The number of amides is 1. The Morgan fingerprint density at radius 1 is 1.31 bits per heavy atom. The SMILES string of the molecule is CN1CC(=O)N(CCc2ccccc2)C1=S. The second-order valence-corrected chi connectivity index (χ2v) is 4.28. The molecule has 1 aliphatic rings. The number of carbonyl (C=O) groups excluding carboxylic acids is 1. The zero-order valence-corrected chi connectivity index (χ0v) is 10.0. The average molecular weight is 234 g/mol. The summed E-state index contributed by atoms with van der Waals surface area (Å²) in [6.45, 7) is 1.08. The number of benzene rings is 1.